The Kier molecular flexibility index (Phi) is 6.87. The second kappa shape index (κ2) is 11.5. The van der Waals surface area contributed by atoms with Gasteiger partial charge in [-0.1, -0.05) is 140 Å². The maximum absolute atomic E-state index is 9.45. The monoisotopic (exact) mass is 603 g/mol. The SMILES string of the molecule is N#Cc1cccc(-c2cccc(-c3ccccc3N3c4ccccc4[Si](c4ccccc4)(c4ccccc4)c4ccccc43)c2)n1. The van der Waals surface area contributed by atoms with E-state index in [-0.39, 0.29) is 0 Å². The quantitative estimate of drug-likeness (QED) is 0.192. The lowest BCUT2D eigenvalue weighted by molar-refractivity contribution is 1.26. The number of hydrogen-bond donors (Lipinski definition) is 0. The molecular formula is C42H29N3Si. The number of nitriles is 1. The number of rotatable bonds is 5. The van der Waals surface area contributed by atoms with Crippen molar-refractivity contribution in [3.8, 4) is 28.5 Å². The minimum Gasteiger partial charge on any atom is -0.310 e. The summed E-state index contributed by atoms with van der Waals surface area (Å²) in [6.45, 7) is 0. The summed E-state index contributed by atoms with van der Waals surface area (Å²) in [5.74, 6) is 0. The standard InChI is InChI=1S/C42H29N3Si/c43-30-33-17-14-23-37(44-33)32-16-13-15-31(29-32)36-22-7-8-24-38(36)45-39-25-9-11-27-41(39)46(34-18-3-1-4-19-34,35-20-5-2-6-21-35)42-28-12-10-26-40(42)45/h1-29H. The Balaban J connectivity index is 1.38. The molecule has 0 radical (unpaired) electrons. The van der Waals surface area contributed by atoms with E-state index in [1.165, 1.54) is 32.1 Å². The Morgan fingerprint density at radius 2 is 1.00 bits per heavy atom. The highest BCUT2D eigenvalue weighted by Crippen LogP contribution is 2.43. The third-order valence-electron chi connectivity index (χ3n) is 8.99. The number of nitrogens with zero attached hydrogens (tertiary/aromatic N) is 3. The van der Waals surface area contributed by atoms with Gasteiger partial charge in [0.1, 0.15) is 11.8 Å². The number of aromatic nitrogens is 1. The van der Waals surface area contributed by atoms with E-state index in [4.69, 9.17) is 0 Å². The highest BCUT2D eigenvalue weighted by atomic mass is 28.3. The Hall–Kier alpha value is -6.02. The van der Waals surface area contributed by atoms with Crippen LogP contribution >= 0.6 is 0 Å². The van der Waals surface area contributed by atoms with Crippen molar-refractivity contribution in [2.24, 2.45) is 0 Å². The molecule has 0 saturated carbocycles. The lowest BCUT2D eigenvalue weighted by Gasteiger charge is -2.45. The molecule has 6 aromatic carbocycles. The van der Waals surface area contributed by atoms with Crippen molar-refractivity contribution >= 4 is 45.9 Å². The topological polar surface area (TPSA) is 39.9 Å². The van der Waals surface area contributed by atoms with Crippen LogP contribution in [0.2, 0.25) is 0 Å². The molecule has 0 saturated heterocycles. The molecule has 0 amide bonds. The molecule has 0 spiro atoms. The summed E-state index contributed by atoms with van der Waals surface area (Å²) in [7, 11) is -2.69. The molecule has 3 nitrogen and oxygen atoms in total. The first-order chi connectivity index (χ1) is 22.8. The maximum atomic E-state index is 9.45. The Bertz CT molecular complexity index is 2150. The van der Waals surface area contributed by atoms with Crippen LogP contribution in [0, 0.1) is 11.3 Å². The Labute approximate surface area is 270 Å². The molecule has 1 aliphatic heterocycles. The van der Waals surface area contributed by atoms with Gasteiger partial charge in [0.15, 0.2) is 8.07 Å². The Morgan fingerprint density at radius 3 is 1.63 bits per heavy atom. The lowest BCUT2D eigenvalue weighted by atomic mass is 9.98. The minimum atomic E-state index is -2.69. The van der Waals surface area contributed by atoms with Crippen molar-refractivity contribution in [3.05, 3.63) is 182 Å². The van der Waals surface area contributed by atoms with E-state index in [9.17, 15) is 5.26 Å². The number of anilines is 3. The highest BCUT2D eigenvalue weighted by Gasteiger charge is 2.48. The zero-order chi connectivity index (χ0) is 30.9. The highest BCUT2D eigenvalue weighted by molar-refractivity contribution is 7.21. The van der Waals surface area contributed by atoms with E-state index in [2.05, 4.69) is 174 Å². The minimum absolute atomic E-state index is 0.411. The second-order valence-corrected chi connectivity index (χ2v) is 15.2. The van der Waals surface area contributed by atoms with Crippen LogP contribution < -0.4 is 25.6 Å². The van der Waals surface area contributed by atoms with Gasteiger partial charge in [0, 0.05) is 22.5 Å². The number of pyridine rings is 1. The van der Waals surface area contributed by atoms with E-state index < -0.39 is 8.07 Å². The normalized spacial score (nSPS) is 12.9. The zero-order valence-electron chi connectivity index (χ0n) is 25.1. The van der Waals surface area contributed by atoms with E-state index in [0.717, 1.165) is 28.1 Å². The molecule has 0 bridgehead atoms. The summed E-state index contributed by atoms with van der Waals surface area (Å²) >= 11 is 0. The summed E-state index contributed by atoms with van der Waals surface area (Å²) in [6, 6.07) is 65.0. The van der Waals surface area contributed by atoms with Crippen molar-refractivity contribution in [1.29, 1.82) is 5.26 Å². The van der Waals surface area contributed by atoms with Gasteiger partial charge in [0.2, 0.25) is 0 Å². The molecule has 1 aromatic heterocycles. The molecule has 7 aromatic rings. The Morgan fingerprint density at radius 1 is 0.478 bits per heavy atom. The van der Waals surface area contributed by atoms with Gasteiger partial charge in [0.25, 0.3) is 0 Å². The molecule has 0 aliphatic carbocycles. The number of para-hydroxylation sites is 3. The average molecular weight is 604 g/mol. The van der Waals surface area contributed by atoms with Gasteiger partial charge in [-0.2, -0.15) is 5.26 Å². The zero-order valence-corrected chi connectivity index (χ0v) is 26.1. The van der Waals surface area contributed by atoms with Crippen molar-refractivity contribution in [3.63, 3.8) is 0 Å². The van der Waals surface area contributed by atoms with E-state index in [0.29, 0.717) is 5.69 Å². The van der Waals surface area contributed by atoms with Gasteiger partial charge in [0.05, 0.1) is 11.4 Å². The van der Waals surface area contributed by atoms with Crippen molar-refractivity contribution in [2.75, 3.05) is 4.90 Å². The summed E-state index contributed by atoms with van der Waals surface area (Å²) in [5, 5.41) is 14.9. The molecule has 0 N–H and O–H groups in total. The van der Waals surface area contributed by atoms with Crippen LogP contribution in [0.1, 0.15) is 5.69 Å². The molecule has 4 heteroatoms. The first kappa shape index (κ1) is 27.5. The van der Waals surface area contributed by atoms with E-state index in [1.54, 1.807) is 6.07 Å². The smallest absolute Gasteiger partial charge is 0.184 e. The van der Waals surface area contributed by atoms with Gasteiger partial charge in [-0.25, -0.2) is 4.98 Å². The summed E-state index contributed by atoms with van der Waals surface area (Å²) in [6.07, 6.45) is 0. The predicted octanol–water partition coefficient (Wildman–Crippen LogP) is 7.45. The average Bonchev–Trinajstić information content (AvgIpc) is 3.14. The van der Waals surface area contributed by atoms with Crippen molar-refractivity contribution in [2.45, 2.75) is 0 Å². The van der Waals surface area contributed by atoms with Crippen LogP contribution in [0.15, 0.2) is 176 Å². The fourth-order valence-electron chi connectivity index (χ4n) is 7.09. The molecule has 8 rings (SSSR count). The van der Waals surface area contributed by atoms with Gasteiger partial charge in [-0.15, -0.1) is 0 Å². The predicted molar refractivity (Wildman–Crippen MR) is 192 cm³/mol. The van der Waals surface area contributed by atoms with Gasteiger partial charge in [-0.05, 0) is 62.7 Å². The summed E-state index contributed by atoms with van der Waals surface area (Å²) in [5.41, 5.74) is 7.90. The summed E-state index contributed by atoms with van der Waals surface area (Å²) < 4.78 is 0. The fourth-order valence-corrected chi connectivity index (χ4v) is 12.2. The van der Waals surface area contributed by atoms with E-state index >= 15 is 0 Å². The first-order valence-electron chi connectivity index (χ1n) is 15.5. The van der Waals surface area contributed by atoms with Gasteiger partial charge in [-0.3, -0.25) is 0 Å². The fraction of sp³-hybridized carbons (Fsp3) is 0. The van der Waals surface area contributed by atoms with Crippen LogP contribution in [0.5, 0.6) is 0 Å². The molecule has 0 unspecified atom stereocenters. The molecule has 1 aliphatic rings. The van der Waals surface area contributed by atoms with E-state index in [1.807, 2.05) is 12.1 Å². The molecular weight excluding hydrogens is 575 g/mol. The van der Waals surface area contributed by atoms with Crippen LogP contribution in [-0.2, 0) is 0 Å². The second-order valence-electron chi connectivity index (χ2n) is 11.5. The maximum Gasteiger partial charge on any atom is 0.184 e. The molecule has 46 heavy (non-hydrogen) atoms. The molecule has 216 valence electrons. The summed E-state index contributed by atoms with van der Waals surface area (Å²) in [4.78, 5) is 7.03. The van der Waals surface area contributed by atoms with Crippen LogP contribution in [0.25, 0.3) is 22.4 Å². The number of fused-ring (bicyclic) bond motifs is 2. The largest absolute Gasteiger partial charge is 0.310 e. The number of benzene rings is 6. The van der Waals surface area contributed by atoms with Crippen LogP contribution in [0.3, 0.4) is 0 Å². The third kappa shape index (κ3) is 4.37. The van der Waals surface area contributed by atoms with Crippen LogP contribution in [-0.4, -0.2) is 13.1 Å². The van der Waals surface area contributed by atoms with Gasteiger partial charge >= 0.3 is 0 Å². The van der Waals surface area contributed by atoms with Crippen LogP contribution in [0.4, 0.5) is 17.1 Å². The molecule has 2 heterocycles. The molecule has 0 atom stereocenters. The lowest BCUT2D eigenvalue weighted by Crippen LogP contribution is -2.77. The first-order valence-corrected chi connectivity index (χ1v) is 17.5. The van der Waals surface area contributed by atoms with Crippen molar-refractivity contribution < 1.29 is 0 Å². The van der Waals surface area contributed by atoms with Crippen molar-refractivity contribution in [1.82, 2.24) is 4.98 Å². The molecule has 0 fully saturated rings. The van der Waals surface area contributed by atoms with Gasteiger partial charge < -0.3 is 4.90 Å². The third-order valence-corrected chi connectivity index (χ3v) is 13.8. The number of hydrogen-bond acceptors (Lipinski definition) is 3.